The molecule has 0 aliphatic carbocycles. The van der Waals surface area contributed by atoms with Crippen molar-refractivity contribution in [3.63, 3.8) is 0 Å². The number of amides is 1. The highest BCUT2D eigenvalue weighted by atomic mass is 32.2. The summed E-state index contributed by atoms with van der Waals surface area (Å²) < 4.78 is 4.44. The lowest BCUT2D eigenvalue weighted by Gasteiger charge is -2.22. The molecule has 0 spiro atoms. The monoisotopic (exact) mass is 283 g/mol. The summed E-state index contributed by atoms with van der Waals surface area (Å²) in [5, 5.41) is 11.3. The van der Waals surface area contributed by atoms with Gasteiger partial charge >= 0.3 is 6.16 Å². The number of nitrogens with one attached hydrogen (secondary N) is 1. The van der Waals surface area contributed by atoms with Crippen molar-refractivity contribution in [3.8, 4) is 0 Å². The minimum absolute atomic E-state index is 0.113. The van der Waals surface area contributed by atoms with E-state index in [0.717, 1.165) is 0 Å². The number of anilines is 1. The van der Waals surface area contributed by atoms with Gasteiger partial charge in [0.05, 0.1) is 10.6 Å². The zero-order chi connectivity index (χ0) is 14.5. The molecule has 0 saturated carbocycles. The van der Waals surface area contributed by atoms with Crippen LogP contribution in [-0.2, 0) is 8.98 Å². The second-order valence-electron chi connectivity index (χ2n) is 4.62. The summed E-state index contributed by atoms with van der Waals surface area (Å²) in [4.78, 5) is 23.0. The number of rotatable bonds is 5. The zero-order valence-corrected chi connectivity index (χ0v) is 11.9. The van der Waals surface area contributed by atoms with Crippen LogP contribution >= 0.6 is 12.0 Å². The van der Waals surface area contributed by atoms with Crippen LogP contribution in [0.3, 0.4) is 0 Å². The van der Waals surface area contributed by atoms with E-state index in [1.54, 1.807) is 24.3 Å². The molecule has 1 aromatic carbocycles. The zero-order valence-electron chi connectivity index (χ0n) is 11.1. The Kier molecular flexibility index (Phi) is 5.23. The molecule has 0 aliphatic rings. The number of hydrogen-bond donors (Lipinski definition) is 2. The molecule has 2 N–H and O–H groups in total. The van der Waals surface area contributed by atoms with E-state index in [9.17, 15) is 9.59 Å². The molecule has 19 heavy (non-hydrogen) atoms. The largest absolute Gasteiger partial charge is 0.518 e. The van der Waals surface area contributed by atoms with E-state index in [4.69, 9.17) is 5.11 Å². The molecule has 0 fully saturated rings. The van der Waals surface area contributed by atoms with Crippen molar-refractivity contribution in [3.05, 3.63) is 24.3 Å². The number of carboxylic acid groups (broad SMARTS) is 1. The van der Waals surface area contributed by atoms with Gasteiger partial charge in [-0.15, -0.1) is 0 Å². The fraction of sp³-hybridized carbons (Fsp3) is 0.385. The lowest BCUT2D eigenvalue weighted by Crippen LogP contribution is -2.30. The van der Waals surface area contributed by atoms with E-state index in [1.807, 2.05) is 20.8 Å². The van der Waals surface area contributed by atoms with Crippen molar-refractivity contribution >= 4 is 29.8 Å². The van der Waals surface area contributed by atoms with Gasteiger partial charge in [-0.1, -0.05) is 32.9 Å². The Balaban J connectivity index is 2.83. The fourth-order valence-corrected chi connectivity index (χ4v) is 1.68. The third-order valence-corrected chi connectivity index (χ3v) is 3.60. The van der Waals surface area contributed by atoms with E-state index in [2.05, 4.69) is 9.50 Å². The summed E-state index contributed by atoms with van der Waals surface area (Å²) in [5.74, 6) is -0.113. The highest BCUT2D eigenvalue weighted by Crippen LogP contribution is 2.30. The molecule has 0 unspecified atom stereocenters. The van der Waals surface area contributed by atoms with Crippen LogP contribution in [0.5, 0.6) is 0 Å². The second-order valence-corrected chi connectivity index (χ2v) is 5.39. The first-order chi connectivity index (χ1) is 8.86. The van der Waals surface area contributed by atoms with E-state index >= 15 is 0 Å². The van der Waals surface area contributed by atoms with Gasteiger partial charge in [0.25, 0.3) is 0 Å². The molecule has 0 aliphatic heterocycles. The maximum Gasteiger partial charge on any atom is 0.518 e. The Labute approximate surface area is 116 Å². The Hall–Kier alpha value is -1.69. The van der Waals surface area contributed by atoms with E-state index < -0.39 is 11.6 Å². The first-order valence-corrected chi connectivity index (χ1v) is 6.59. The van der Waals surface area contributed by atoms with Crippen LogP contribution in [-0.4, -0.2) is 17.2 Å². The third kappa shape index (κ3) is 4.48. The predicted molar refractivity (Wildman–Crippen MR) is 74.1 cm³/mol. The SMILES string of the molecule is CCC(C)(C)C(=O)Nc1ccccc1SOC(=O)O. The van der Waals surface area contributed by atoms with Crippen LogP contribution < -0.4 is 5.32 Å². The smallest absolute Gasteiger partial charge is 0.449 e. The summed E-state index contributed by atoms with van der Waals surface area (Å²) in [5.41, 5.74) is 0.0612. The fourth-order valence-electron chi connectivity index (χ4n) is 1.18. The van der Waals surface area contributed by atoms with Gasteiger partial charge in [0.1, 0.15) is 12.0 Å². The lowest BCUT2D eigenvalue weighted by atomic mass is 9.89. The molecule has 104 valence electrons. The van der Waals surface area contributed by atoms with Crippen molar-refractivity contribution in [1.82, 2.24) is 0 Å². The molecule has 1 aromatic rings. The van der Waals surface area contributed by atoms with Crippen LogP contribution in [0.4, 0.5) is 10.5 Å². The van der Waals surface area contributed by atoms with Crippen LogP contribution in [0.2, 0.25) is 0 Å². The minimum Gasteiger partial charge on any atom is -0.449 e. The van der Waals surface area contributed by atoms with Gasteiger partial charge in [-0.05, 0) is 18.6 Å². The lowest BCUT2D eigenvalue weighted by molar-refractivity contribution is -0.124. The molecular weight excluding hydrogens is 266 g/mol. The van der Waals surface area contributed by atoms with Gasteiger partial charge in [-0.25, -0.2) is 4.79 Å². The summed E-state index contributed by atoms with van der Waals surface area (Å²) >= 11 is 0.701. The van der Waals surface area contributed by atoms with Gasteiger partial charge in [0, 0.05) is 5.41 Å². The van der Waals surface area contributed by atoms with Crippen molar-refractivity contribution < 1.29 is 18.9 Å². The van der Waals surface area contributed by atoms with Crippen LogP contribution in [0.15, 0.2) is 29.2 Å². The predicted octanol–water partition coefficient (Wildman–Crippen LogP) is 3.76. The molecule has 6 heteroatoms. The van der Waals surface area contributed by atoms with E-state index in [1.165, 1.54) is 0 Å². The van der Waals surface area contributed by atoms with Crippen molar-refractivity contribution in [2.75, 3.05) is 5.32 Å². The molecular formula is C13H17NO4S. The van der Waals surface area contributed by atoms with Gasteiger partial charge in [0.15, 0.2) is 0 Å². The number of benzene rings is 1. The average Bonchev–Trinajstić information content (AvgIpc) is 2.37. The number of para-hydroxylation sites is 1. The maximum atomic E-state index is 12.1. The molecule has 0 heterocycles. The van der Waals surface area contributed by atoms with Crippen LogP contribution in [0, 0.1) is 5.41 Å². The Morgan fingerprint density at radius 2 is 2.00 bits per heavy atom. The first-order valence-electron chi connectivity index (χ1n) is 5.84. The number of hydrogen-bond acceptors (Lipinski definition) is 4. The Bertz CT molecular complexity index is 473. The summed E-state index contributed by atoms with van der Waals surface area (Å²) in [6.07, 6.45) is -0.667. The standard InChI is InChI=1S/C13H17NO4S/c1-4-13(2,3)11(15)14-9-7-5-6-8-10(9)19-18-12(16)17/h5-8H,4H2,1-3H3,(H,14,15)(H,16,17). The average molecular weight is 283 g/mol. The van der Waals surface area contributed by atoms with Gasteiger partial charge in [-0.3, -0.25) is 4.79 Å². The summed E-state index contributed by atoms with van der Waals surface area (Å²) in [6, 6.07) is 6.90. The molecule has 0 bridgehead atoms. The van der Waals surface area contributed by atoms with Crippen molar-refractivity contribution in [1.29, 1.82) is 0 Å². The minimum atomic E-state index is -1.37. The normalized spacial score (nSPS) is 10.9. The van der Waals surface area contributed by atoms with E-state index in [-0.39, 0.29) is 5.91 Å². The third-order valence-electron chi connectivity index (χ3n) is 2.84. The maximum absolute atomic E-state index is 12.1. The van der Waals surface area contributed by atoms with Crippen molar-refractivity contribution in [2.24, 2.45) is 5.41 Å². The number of carbonyl (C=O) groups is 2. The Morgan fingerprint density at radius 1 is 1.37 bits per heavy atom. The van der Waals surface area contributed by atoms with Crippen LogP contribution in [0.25, 0.3) is 0 Å². The quantitative estimate of drug-likeness (QED) is 0.805. The second kappa shape index (κ2) is 6.47. The van der Waals surface area contributed by atoms with Gasteiger partial charge in [0.2, 0.25) is 5.91 Å². The van der Waals surface area contributed by atoms with Crippen molar-refractivity contribution in [2.45, 2.75) is 32.1 Å². The topological polar surface area (TPSA) is 75.6 Å². The highest BCUT2D eigenvalue weighted by Gasteiger charge is 2.25. The van der Waals surface area contributed by atoms with Gasteiger partial charge in [-0.2, -0.15) is 0 Å². The molecule has 0 atom stereocenters. The summed E-state index contributed by atoms with van der Waals surface area (Å²) in [6.45, 7) is 5.64. The molecule has 1 rings (SSSR count). The molecule has 0 aromatic heterocycles. The summed E-state index contributed by atoms with van der Waals surface area (Å²) in [7, 11) is 0. The van der Waals surface area contributed by atoms with E-state index in [0.29, 0.717) is 29.0 Å². The number of carbonyl (C=O) groups excluding carboxylic acids is 1. The van der Waals surface area contributed by atoms with Gasteiger partial charge < -0.3 is 14.6 Å². The molecule has 1 amide bonds. The first kappa shape index (κ1) is 15.4. The van der Waals surface area contributed by atoms with Crippen LogP contribution in [0.1, 0.15) is 27.2 Å². The highest BCUT2D eigenvalue weighted by molar-refractivity contribution is 7.95. The molecule has 0 radical (unpaired) electrons. The molecule has 5 nitrogen and oxygen atoms in total. The molecule has 0 saturated heterocycles. The Morgan fingerprint density at radius 3 is 2.58 bits per heavy atom.